The lowest BCUT2D eigenvalue weighted by Gasteiger charge is -2.33. The van der Waals surface area contributed by atoms with Crippen LogP contribution in [0, 0.1) is 11.7 Å². The predicted octanol–water partition coefficient (Wildman–Crippen LogP) is 4.10. The van der Waals surface area contributed by atoms with Gasteiger partial charge in [-0.2, -0.15) is 13.2 Å². The lowest BCUT2D eigenvalue weighted by Crippen LogP contribution is -2.48. The van der Waals surface area contributed by atoms with Crippen molar-refractivity contribution in [1.29, 1.82) is 0 Å². The number of hydrogen-bond acceptors (Lipinski definition) is 2. The topological polar surface area (TPSA) is 38.3 Å². The van der Waals surface area contributed by atoms with Crippen molar-refractivity contribution in [3.63, 3.8) is 0 Å². The summed E-state index contributed by atoms with van der Waals surface area (Å²) in [7, 11) is 0. The molecule has 1 aliphatic carbocycles. The van der Waals surface area contributed by atoms with Gasteiger partial charge in [0.15, 0.2) is 6.61 Å². The number of carbonyl (C=O) groups excluding carboxylic acids is 1. The fraction of sp³-hybridized carbons (Fsp3) is 0.533. The summed E-state index contributed by atoms with van der Waals surface area (Å²) in [4.78, 5) is 11.8. The van der Waals surface area contributed by atoms with E-state index in [-0.39, 0.29) is 23.6 Å². The van der Waals surface area contributed by atoms with Gasteiger partial charge in [-0.15, -0.1) is 0 Å². The second kappa shape index (κ2) is 7.38. The molecule has 2 rings (SSSR count). The molecule has 0 heterocycles. The van der Waals surface area contributed by atoms with E-state index in [1.807, 2.05) is 0 Å². The third-order valence-electron chi connectivity index (χ3n) is 3.79. The van der Waals surface area contributed by atoms with Gasteiger partial charge in [0.1, 0.15) is 11.6 Å². The second-order valence-corrected chi connectivity index (χ2v) is 5.88. The first-order valence-electron chi connectivity index (χ1n) is 7.21. The minimum absolute atomic E-state index is 0.0105. The van der Waals surface area contributed by atoms with Crippen molar-refractivity contribution >= 4 is 17.5 Å². The summed E-state index contributed by atoms with van der Waals surface area (Å²) in [6, 6.07) is 2.45. The molecule has 128 valence electrons. The number of rotatable bonds is 4. The van der Waals surface area contributed by atoms with Crippen LogP contribution in [0.1, 0.15) is 25.7 Å². The zero-order valence-electron chi connectivity index (χ0n) is 12.1. The number of amides is 1. The van der Waals surface area contributed by atoms with E-state index in [1.165, 1.54) is 6.07 Å². The van der Waals surface area contributed by atoms with E-state index < -0.39 is 36.5 Å². The molecule has 8 heteroatoms. The van der Waals surface area contributed by atoms with Crippen molar-refractivity contribution in [2.24, 2.45) is 5.92 Å². The van der Waals surface area contributed by atoms with Crippen LogP contribution in [0.25, 0.3) is 0 Å². The first-order chi connectivity index (χ1) is 10.8. The van der Waals surface area contributed by atoms with Gasteiger partial charge in [-0.05, 0) is 31.0 Å². The van der Waals surface area contributed by atoms with E-state index in [1.54, 1.807) is 0 Å². The summed E-state index contributed by atoms with van der Waals surface area (Å²) in [5, 5.41) is 2.36. The summed E-state index contributed by atoms with van der Waals surface area (Å²) in [5.74, 6) is -2.65. The maximum atomic E-state index is 12.9. The normalized spacial score (nSPS) is 21.8. The van der Waals surface area contributed by atoms with Crippen LogP contribution in [0.15, 0.2) is 18.2 Å². The monoisotopic (exact) mass is 353 g/mol. The highest BCUT2D eigenvalue weighted by Gasteiger charge is 2.45. The predicted molar refractivity (Wildman–Crippen MR) is 76.8 cm³/mol. The summed E-state index contributed by atoms with van der Waals surface area (Å²) < 4.78 is 56.9. The Labute approximate surface area is 136 Å². The third-order valence-corrected chi connectivity index (χ3v) is 4.08. The lowest BCUT2D eigenvalue weighted by molar-refractivity contribution is -0.189. The van der Waals surface area contributed by atoms with Gasteiger partial charge in [0.25, 0.3) is 5.91 Å². The highest BCUT2D eigenvalue weighted by Crippen LogP contribution is 2.37. The molecule has 0 unspecified atom stereocenters. The Bertz CT molecular complexity index is 565. The lowest BCUT2D eigenvalue weighted by atomic mass is 9.84. The van der Waals surface area contributed by atoms with E-state index >= 15 is 0 Å². The molecular formula is C15H16ClF4NO2. The number of ether oxygens (including phenoxy) is 1. The molecule has 1 aromatic carbocycles. The number of carbonyl (C=O) groups is 1. The molecule has 0 aromatic heterocycles. The van der Waals surface area contributed by atoms with Crippen molar-refractivity contribution in [2.45, 2.75) is 37.9 Å². The summed E-state index contributed by atoms with van der Waals surface area (Å²) >= 11 is 5.74. The molecule has 3 nitrogen and oxygen atoms in total. The van der Waals surface area contributed by atoms with Crippen molar-refractivity contribution in [1.82, 2.24) is 5.32 Å². The maximum absolute atomic E-state index is 12.9. The molecule has 1 amide bonds. The van der Waals surface area contributed by atoms with Crippen LogP contribution in [0.3, 0.4) is 0 Å². The molecule has 1 saturated carbocycles. The summed E-state index contributed by atoms with van der Waals surface area (Å²) in [5.41, 5.74) is 0. The standard InChI is InChI=1S/C15H16ClF4NO2/c16-11-7-9(17)5-6-13(11)23-8-14(22)21-12-4-2-1-3-10(12)15(18,19)20/h5-7,10,12H,1-4,8H2,(H,21,22)/t10-,12-/m1/s1. The van der Waals surface area contributed by atoms with Crippen molar-refractivity contribution in [3.8, 4) is 5.75 Å². The minimum atomic E-state index is -4.33. The van der Waals surface area contributed by atoms with E-state index in [2.05, 4.69) is 5.32 Å². The van der Waals surface area contributed by atoms with Crippen LogP contribution in [0.4, 0.5) is 17.6 Å². The van der Waals surface area contributed by atoms with Gasteiger partial charge < -0.3 is 10.1 Å². The van der Waals surface area contributed by atoms with Crippen LogP contribution in [-0.2, 0) is 4.79 Å². The molecule has 1 aliphatic rings. The summed E-state index contributed by atoms with van der Waals surface area (Å²) in [6.45, 7) is -0.480. The van der Waals surface area contributed by atoms with Crippen molar-refractivity contribution in [2.75, 3.05) is 6.61 Å². The Morgan fingerprint density at radius 2 is 2.00 bits per heavy atom. The molecule has 0 radical (unpaired) electrons. The summed E-state index contributed by atoms with van der Waals surface area (Å²) in [6.07, 6.45) is -2.90. The highest BCUT2D eigenvalue weighted by molar-refractivity contribution is 6.32. The number of hydrogen-bond donors (Lipinski definition) is 1. The maximum Gasteiger partial charge on any atom is 0.393 e. The van der Waals surface area contributed by atoms with Crippen molar-refractivity contribution in [3.05, 3.63) is 29.0 Å². The quantitative estimate of drug-likeness (QED) is 0.828. The van der Waals surface area contributed by atoms with Crippen LogP contribution >= 0.6 is 11.6 Å². The van der Waals surface area contributed by atoms with Crippen LogP contribution in [-0.4, -0.2) is 24.7 Å². The van der Waals surface area contributed by atoms with E-state index in [0.29, 0.717) is 12.8 Å². The van der Waals surface area contributed by atoms with Crippen molar-refractivity contribution < 1.29 is 27.1 Å². The molecule has 1 fully saturated rings. The molecule has 2 atom stereocenters. The van der Waals surface area contributed by atoms with Gasteiger partial charge in [-0.1, -0.05) is 24.4 Å². The molecular weight excluding hydrogens is 338 g/mol. The van der Waals surface area contributed by atoms with E-state index in [4.69, 9.17) is 16.3 Å². The smallest absolute Gasteiger partial charge is 0.393 e. The largest absolute Gasteiger partial charge is 0.482 e. The zero-order chi connectivity index (χ0) is 17.0. The Morgan fingerprint density at radius 1 is 1.30 bits per heavy atom. The Kier molecular flexibility index (Phi) is 5.73. The fourth-order valence-electron chi connectivity index (χ4n) is 2.68. The molecule has 1 N–H and O–H groups in total. The fourth-order valence-corrected chi connectivity index (χ4v) is 2.90. The van der Waals surface area contributed by atoms with Gasteiger partial charge in [0.2, 0.25) is 0 Å². The van der Waals surface area contributed by atoms with Gasteiger partial charge in [-0.25, -0.2) is 4.39 Å². The third kappa shape index (κ3) is 4.99. The SMILES string of the molecule is O=C(COc1ccc(F)cc1Cl)N[C@@H]1CCCC[C@H]1C(F)(F)F. The number of benzene rings is 1. The Hall–Kier alpha value is -1.50. The zero-order valence-corrected chi connectivity index (χ0v) is 12.9. The first-order valence-corrected chi connectivity index (χ1v) is 7.59. The van der Waals surface area contributed by atoms with Crippen LogP contribution in [0.2, 0.25) is 5.02 Å². The minimum Gasteiger partial charge on any atom is -0.482 e. The molecule has 0 aliphatic heterocycles. The van der Waals surface area contributed by atoms with Crippen LogP contribution in [0.5, 0.6) is 5.75 Å². The van der Waals surface area contributed by atoms with Gasteiger partial charge >= 0.3 is 6.18 Å². The van der Waals surface area contributed by atoms with Crippen LogP contribution < -0.4 is 10.1 Å². The van der Waals surface area contributed by atoms with Gasteiger partial charge in [0.05, 0.1) is 10.9 Å². The Morgan fingerprint density at radius 3 is 2.65 bits per heavy atom. The molecule has 1 aromatic rings. The number of alkyl halides is 3. The average Bonchev–Trinajstić information content (AvgIpc) is 2.46. The molecule has 23 heavy (non-hydrogen) atoms. The molecule has 0 spiro atoms. The van der Waals surface area contributed by atoms with E-state index in [9.17, 15) is 22.4 Å². The molecule has 0 bridgehead atoms. The Balaban J connectivity index is 1.90. The number of nitrogens with one attached hydrogen (secondary N) is 1. The second-order valence-electron chi connectivity index (χ2n) is 5.47. The average molecular weight is 354 g/mol. The van der Waals surface area contributed by atoms with E-state index in [0.717, 1.165) is 12.1 Å². The first kappa shape index (κ1) is 17.8. The number of halogens is 5. The highest BCUT2D eigenvalue weighted by atomic mass is 35.5. The van der Waals surface area contributed by atoms with Gasteiger partial charge in [0, 0.05) is 6.04 Å². The molecule has 0 saturated heterocycles. The van der Waals surface area contributed by atoms with Gasteiger partial charge in [-0.3, -0.25) is 4.79 Å².